The van der Waals surface area contributed by atoms with Crippen LogP contribution in [0.1, 0.15) is 12.0 Å². The summed E-state index contributed by atoms with van der Waals surface area (Å²) in [6.45, 7) is 0. The lowest BCUT2D eigenvalue weighted by atomic mass is 10.2. The fourth-order valence-corrected chi connectivity index (χ4v) is 2.52. The van der Waals surface area contributed by atoms with Gasteiger partial charge in [-0.25, -0.2) is 0 Å². The van der Waals surface area contributed by atoms with E-state index in [-0.39, 0.29) is 11.6 Å². The zero-order valence-electron chi connectivity index (χ0n) is 11.1. The first-order valence-electron chi connectivity index (χ1n) is 6.01. The molecule has 0 bridgehead atoms. The van der Waals surface area contributed by atoms with Gasteiger partial charge in [0.15, 0.2) is 5.17 Å². The molecule has 110 valence electrons. The average Bonchev–Trinajstić information content (AvgIpc) is 2.78. The van der Waals surface area contributed by atoms with Crippen LogP contribution < -0.4 is 15.2 Å². The predicted octanol–water partition coefficient (Wildman–Crippen LogP) is -0.243. The molecule has 1 N–H and O–H groups in total. The number of thioether (sulfide) groups is 1. The molecule has 0 aromatic heterocycles. The summed E-state index contributed by atoms with van der Waals surface area (Å²) < 4.78 is 5.08. The van der Waals surface area contributed by atoms with E-state index in [4.69, 9.17) is 4.74 Å². The molecule has 0 radical (unpaired) electrons. The van der Waals surface area contributed by atoms with Crippen molar-refractivity contribution < 1.29 is 19.4 Å². The van der Waals surface area contributed by atoms with Crippen molar-refractivity contribution in [3.63, 3.8) is 0 Å². The van der Waals surface area contributed by atoms with Crippen molar-refractivity contribution in [2.75, 3.05) is 7.11 Å². The van der Waals surface area contributed by atoms with E-state index in [0.717, 1.165) is 17.3 Å². The van der Waals surface area contributed by atoms with Gasteiger partial charge in [-0.3, -0.25) is 4.79 Å². The smallest absolute Gasteiger partial charge is 0.239 e. The van der Waals surface area contributed by atoms with E-state index in [1.54, 1.807) is 19.2 Å². The lowest BCUT2D eigenvalue weighted by Gasteiger charge is -2.04. The number of carbonyl (C=O) groups excluding carboxylic acids is 2. The quantitative estimate of drug-likeness (QED) is 0.597. The van der Waals surface area contributed by atoms with Gasteiger partial charge in [0.2, 0.25) is 5.91 Å². The maximum atomic E-state index is 11.5. The number of amides is 1. The van der Waals surface area contributed by atoms with E-state index in [1.165, 1.54) is 6.21 Å². The van der Waals surface area contributed by atoms with Crippen LogP contribution in [-0.4, -0.2) is 35.6 Å². The van der Waals surface area contributed by atoms with Crippen molar-refractivity contribution in [1.82, 2.24) is 5.32 Å². The first kappa shape index (κ1) is 15.0. The van der Waals surface area contributed by atoms with E-state index in [1.807, 2.05) is 12.1 Å². The molecule has 1 heterocycles. The van der Waals surface area contributed by atoms with Crippen LogP contribution in [0.2, 0.25) is 0 Å². The highest BCUT2D eigenvalue weighted by Gasteiger charge is 2.30. The van der Waals surface area contributed by atoms with Crippen molar-refractivity contribution in [3.8, 4) is 5.75 Å². The molecule has 0 saturated carbocycles. The summed E-state index contributed by atoms with van der Waals surface area (Å²) in [6, 6.07) is 7.23. The maximum absolute atomic E-state index is 11.5. The molecular formula is C13H12N3O4S-. The first-order valence-corrected chi connectivity index (χ1v) is 6.89. The van der Waals surface area contributed by atoms with E-state index in [9.17, 15) is 14.7 Å². The fraction of sp³-hybridized carbons (Fsp3) is 0.231. The van der Waals surface area contributed by atoms with Gasteiger partial charge in [0.1, 0.15) is 5.75 Å². The minimum absolute atomic E-state index is 0.269. The minimum atomic E-state index is -1.27. The van der Waals surface area contributed by atoms with E-state index in [2.05, 4.69) is 15.5 Å². The number of carbonyl (C=O) groups is 2. The molecule has 0 unspecified atom stereocenters. The topological polar surface area (TPSA) is 103 Å². The number of nitrogens with one attached hydrogen (secondary N) is 1. The summed E-state index contributed by atoms with van der Waals surface area (Å²) in [5.41, 5.74) is 0.791. The molecule has 0 aliphatic carbocycles. The average molecular weight is 306 g/mol. The van der Waals surface area contributed by atoms with E-state index >= 15 is 0 Å². The number of hydrogen-bond donors (Lipinski definition) is 1. The van der Waals surface area contributed by atoms with Gasteiger partial charge in [-0.05, 0) is 17.7 Å². The number of benzene rings is 1. The Bertz CT molecular complexity index is 615. The van der Waals surface area contributed by atoms with Gasteiger partial charge >= 0.3 is 0 Å². The third-order valence-corrected chi connectivity index (χ3v) is 3.65. The molecular weight excluding hydrogens is 294 g/mol. The highest BCUT2D eigenvalue weighted by atomic mass is 32.2. The Balaban J connectivity index is 1.99. The van der Waals surface area contributed by atoms with Gasteiger partial charge in [-0.2, -0.15) is 5.10 Å². The van der Waals surface area contributed by atoms with Gasteiger partial charge in [-0.1, -0.05) is 23.9 Å². The molecule has 8 heteroatoms. The Kier molecular flexibility index (Phi) is 4.94. The van der Waals surface area contributed by atoms with Crippen molar-refractivity contribution in [1.29, 1.82) is 0 Å². The summed E-state index contributed by atoms with van der Waals surface area (Å²) in [5.74, 6) is -0.979. The summed E-state index contributed by atoms with van der Waals surface area (Å²) >= 11 is 1.02. The zero-order chi connectivity index (χ0) is 15.2. The first-order chi connectivity index (χ1) is 10.1. The Morgan fingerprint density at radius 1 is 1.57 bits per heavy atom. The Hall–Kier alpha value is -2.35. The molecule has 21 heavy (non-hydrogen) atoms. The van der Waals surface area contributed by atoms with Gasteiger partial charge in [0.05, 0.1) is 18.6 Å². The van der Waals surface area contributed by atoms with E-state index in [0.29, 0.717) is 5.75 Å². The molecule has 1 atom stereocenters. The lowest BCUT2D eigenvalue weighted by molar-refractivity contribution is -0.305. The number of ether oxygens (including phenoxy) is 1. The molecule has 1 aliphatic heterocycles. The second kappa shape index (κ2) is 6.89. The van der Waals surface area contributed by atoms with Crippen LogP contribution >= 0.6 is 11.8 Å². The van der Waals surface area contributed by atoms with Crippen LogP contribution in [0.3, 0.4) is 0 Å². The number of nitrogens with zero attached hydrogens (tertiary/aromatic N) is 2. The Labute approximate surface area is 125 Å². The standard InChI is InChI=1S/C13H13N3O4S/c1-20-9-4-2-3-8(5-9)7-14-16-13-15-12(19)10(21-13)6-11(17)18/h2-5,7,10H,6H2,1H3,(H,17,18)(H,15,16,19)/p-1/b14-7-/t10-/m1/s1. The summed E-state index contributed by atoms with van der Waals surface area (Å²) in [5, 5.41) is 20.2. The van der Waals surface area contributed by atoms with Gasteiger partial charge in [-0.15, -0.1) is 5.10 Å². The van der Waals surface area contributed by atoms with Crippen molar-refractivity contribution in [3.05, 3.63) is 29.8 Å². The molecule has 7 nitrogen and oxygen atoms in total. The Morgan fingerprint density at radius 3 is 3.10 bits per heavy atom. The van der Waals surface area contributed by atoms with Gasteiger partial charge in [0.25, 0.3) is 0 Å². The van der Waals surface area contributed by atoms with Crippen LogP contribution in [0.25, 0.3) is 0 Å². The van der Waals surface area contributed by atoms with Gasteiger partial charge < -0.3 is 20.0 Å². The number of methoxy groups -OCH3 is 1. The number of carboxylic acids is 1. The summed E-state index contributed by atoms with van der Waals surface area (Å²) in [7, 11) is 1.57. The van der Waals surface area contributed by atoms with Crippen molar-refractivity contribution in [2.24, 2.45) is 10.2 Å². The monoisotopic (exact) mass is 306 g/mol. The van der Waals surface area contributed by atoms with Crippen molar-refractivity contribution in [2.45, 2.75) is 11.7 Å². The molecule has 1 aromatic carbocycles. The van der Waals surface area contributed by atoms with Crippen LogP contribution in [0.4, 0.5) is 0 Å². The molecule has 1 fully saturated rings. The predicted molar refractivity (Wildman–Crippen MR) is 77.2 cm³/mol. The highest BCUT2D eigenvalue weighted by molar-refractivity contribution is 8.15. The normalized spacial score (nSPS) is 20.0. The highest BCUT2D eigenvalue weighted by Crippen LogP contribution is 2.22. The second-order valence-corrected chi connectivity index (χ2v) is 5.29. The number of carboxylic acid groups (broad SMARTS) is 1. The summed E-state index contributed by atoms with van der Waals surface area (Å²) in [6.07, 6.45) is 1.16. The van der Waals surface area contributed by atoms with E-state index < -0.39 is 17.1 Å². The molecule has 1 saturated heterocycles. The number of hydrogen-bond acceptors (Lipinski definition) is 7. The molecule has 1 aromatic rings. The van der Waals surface area contributed by atoms with Crippen LogP contribution in [0, 0.1) is 0 Å². The SMILES string of the molecule is COc1cccc(/C=N\N=C2/NC(=O)[C@@H](CC(=O)[O-])S2)c1. The molecule has 1 amide bonds. The van der Waals surface area contributed by atoms with Gasteiger partial charge in [0, 0.05) is 12.4 Å². The fourth-order valence-electron chi connectivity index (χ4n) is 1.61. The second-order valence-electron chi connectivity index (χ2n) is 4.10. The number of rotatable bonds is 5. The number of aliphatic carboxylic acids is 1. The van der Waals surface area contributed by atoms with Crippen molar-refractivity contribution >= 4 is 35.0 Å². The van der Waals surface area contributed by atoms with Crippen LogP contribution in [0.15, 0.2) is 34.5 Å². The lowest BCUT2D eigenvalue weighted by Crippen LogP contribution is -2.31. The third-order valence-electron chi connectivity index (χ3n) is 2.58. The molecule has 1 aliphatic rings. The maximum Gasteiger partial charge on any atom is 0.239 e. The number of amidine groups is 1. The zero-order valence-corrected chi connectivity index (χ0v) is 11.9. The van der Waals surface area contributed by atoms with Crippen LogP contribution in [0.5, 0.6) is 5.75 Å². The largest absolute Gasteiger partial charge is 0.550 e. The molecule has 2 rings (SSSR count). The Morgan fingerprint density at radius 2 is 2.38 bits per heavy atom. The third kappa shape index (κ3) is 4.32. The molecule has 0 spiro atoms. The van der Waals surface area contributed by atoms with Crippen LogP contribution in [-0.2, 0) is 9.59 Å². The minimum Gasteiger partial charge on any atom is -0.550 e. The summed E-state index contributed by atoms with van der Waals surface area (Å²) in [4.78, 5) is 21.9.